The van der Waals surface area contributed by atoms with Crippen molar-refractivity contribution in [1.82, 2.24) is 5.32 Å². The van der Waals surface area contributed by atoms with Gasteiger partial charge in [-0.05, 0) is 35.4 Å². The zero-order chi connectivity index (χ0) is 19.2. The number of nitrogens with one attached hydrogen (secondary N) is 1. The maximum Gasteiger partial charge on any atom is 0.219 e. The van der Waals surface area contributed by atoms with E-state index in [0.29, 0.717) is 19.6 Å². The summed E-state index contributed by atoms with van der Waals surface area (Å²) in [6, 6.07) is 10.2. The van der Waals surface area contributed by atoms with Gasteiger partial charge in [0.1, 0.15) is 24.7 Å². The number of quaternary nitrogens is 1. The highest BCUT2D eigenvalue weighted by atomic mass is 127. The minimum atomic E-state index is 0. The van der Waals surface area contributed by atoms with Crippen molar-refractivity contribution in [2.75, 3.05) is 47.9 Å². The van der Waals surface area contributed by atoms with E-state index < -0.39 is 0 Å². The SMILES string of the molecule is CCC(=O)NCCc1c(OCC[N+](C)(C)C)ccc2ccc(OC)cc12.[I-]. The molecule has 0 radical (unpaired) electrons. The molecule has 5 nitrogen and oxygen atoms in total. The molecule has 150 valence electrons. The van der Waals surface area contributed by atoms with E-state index in [0.717, 1.165) is 45.3 Å². The first-order valence-corrected chi connectivity index (χ1v) is 9.13. The largest absolute Gasteiger partial charge is 1.00 e. The van der Waals surface area contributed by atoms with E-state index in [4.69, 9.17) is 9.47 Å². The summed E-state index contributed by atoms with van der Waals surface area (Å²) in [7, 11) is 8.12. The fourth-order valence-electron chi connectivity index (χ4n) is 2.74. The second kappa shape index (κ2) is 10.7. The van der Waals surface area contributed by atoms with E-state index in [1.54, 1.807) is 7.11 Å². The van der Waals surface area contributed by atoms with Crippen LogP contribution in [0.3, 0.4) is 0 Å². The van der Waals surface area contributed by atoms with Crippen molar-refractivity contribution in [1.29, 1.82) is 0 Å². The summed E-state index contributed by atoms with van der Waals surface area (Å²) >= 11 is 0. The summed E-state index contributed by atoms with van der Waals surface area (Å²) in [5, 5.41) is 5.20. The normalized spacial score (nSPS) is 11.0. The molecule has 27 heavy (non-hydrogen) atoms. The molecule has 1 amide bonds. The number of carbonyl (C=O) groups excluding carboxylic acids is 1. The van der Waals surface area contributed by atoms with Gasteiger partial charge in [0.05, 0.1) is 28.3 Å². The minimum absolute atomic E-state index is 0. The van der Waals surface area contributed by atoms with E-state index in [1.165, 1.54) is 0 Å². The quantitative estimate of drug-likeness (QED) is 0.402. The number of hydrogen-bond acceptors (Lipinski definition) is 3. The van der Waals surface area contributed by atoms with Crippen molar-refractivity contribution >= 4 is 16.7 Å². The highest BCUT2D eigenvalue weighted by Crippen LogP contribution is 2.31. The molecule has 0 aliphatic heterocycles. The molecule has 0 atom stereocenters. The van der Waals surface area contributed by atoms with Gasteiger partial charge in [-0.2, -0.15) is 0 Å². The van der Waals surface area contributed by atoms with Gasteiger partial charge < -0.3 is 43.3 Å². The van der Waals surface area contributed by atoms with Crippen LogP contribution in [-0.4, -0.2) is 58.3 Å². The maximum atomic E-state index is 11.6. The third kappa shape index (κ3) is 7.18. The molecule has 0 aromatic heterocycles. The number of ether oxygens (including phenoxy) is 2. The van der Waals surface area contributed by atoms with Crippen molar-refractivity contribution in [3.63, 3.8) is 0 Å². The van der Waals surface area contributed by atoms with Crippen LogP contribution in [-0.2, 0) is 11.2 Å². The van der Waals surface area contributed by atoms with Crippen LogP contribution in [0, 0.1) is 0 Å². The van der Waals surface area contributed by atoms with Gasteiger partial charge in [0.25, 0.3) is 0 Å². The molecule has 6 heteroatoms. The van der Waals surface area contributed by atoms with Crippen LogP contribution in [0.4, 0.5) is 0 Å². The number of methoxy groups -OCH3 is 1. The molecule has 0 bridgehead atoms. The lowest BCUT2D eigenvalue weighted by Gasteiger charge is -2.24. The van der Waals surface area contributed by atoms with E-state index in [-0.39, 0.29) is 29.9 Å². The smallest absolute Gasteiger partial charge is 0.219 e. The molecule has 2 aromatic carbocycles. The third-order valence-electron chi connectivity index (χ3n) is 4.34. The van der Waals surface area contributed by atoms with Crippen LogP contribution in [0.5, 0.6) is 11.5 Å². The van der Waals surface area contributed by atoms with E-state index in [2.05, 4.69) is 38.6 Å². The van der Waals surface area contributed by atoms with Gasteiger partial charge in [0.15, 0.2) is 0 Å². The topological polar surface area (TPSA) is 47.6 Å². The first kappa shape index (κ1) is 23.5. The van der Waals surface area contributed by atoms with Crippen molar-refractivity contribution in [3.05, 3.63) is 35.9 Å². The molecule has 0 aliphatic rings. The molecule has 0 heterocycles. The number of fused-ring (bicyclic) bond motifs is 1. The minimum Gasteiger partial charge on any atom is -1.00 e. The zero-order valence-electron chi connectivity index (χ0n) is 17.0. The van der Waals surface area contributed by atoms with E-state index in [9.17, 15) is 4.79 Å². The Morgan fingerprint density at radius 1 is 1.15 bits per heavy atom. The van der Waals surface area contributed by atoms with Gasteiger partial charge in [-0.15, -0.1) is 0 Å². The highest BCUT2D eigenvalue weighted by Gasteiger charge is 2.13. The fraction of sp³-hybridized carbons (Fsp3) is 0.476. The second-order valence-electron chi connectivity index (χ2n) is 7.45. The number of rotatable bonds is 9. The third-order valence-corrected chi connectivity index (χ3v) is 4.34. The average molecular weight is 486 g/mol. The Morgan fingerprint density at radius 2 is 1.85 bits per heavy atom. The Balaban J connectivity index is 0.00000364. The van der Waals surface area contributed by atoms with Crippen LogP contribution in [0.2, 0.25) is 0 Å². The summed E-state index contributed by atoms with van der Waals surface area (Å²) in [5.74, 6) is 1.76. The van der Waals surface area contributed by atoms with Gasteiger partial charge in [0.2, 0.25) is 5.91 Å². The van der Waals surface area contributed by atoms with Crippen molar-refractivity contribution < 1.29 is 42.7 Å². The zero-order valence-corrected chi connectivity index (χ0v) is 19.1. The standard InChI is InChI=1S/C21H30N2O3.HI/c1-6-21(24)22-12-11-18-19-15-17(25-5)9-7-16(19)8-10-20(18)26-14-13-23(2,3)4;/h7-10,15H,6,11-14H2,1-5H3;1H. The summed E-state index contributed by atoms with van der Waals surface area (Å²) < 4.78 is 12.4. The van der Waals surface area contributed by atoms with Crippen LogP contribution in [0.15, 0.2) is 30.3 Å². The number of likely N-dealkylation sites (N-methyl/N-ethyl adjacent to an activating group) is 1. The van der Waals surface area contributed by atoms with Gasteiger partial charge in [-0.25, -0.2) is 0 Å². The molecule has 1 N–H and O–H groups in total. The van der Waals surface area contributed by atoms with Crippen molar-refractivity contribution in [2.45, 2.75) is 19.8 Å². The van der Waals surface area contributed by atoms with Crippen LogP contribution >= 0.6 is 0 Å². The molecule has 0 saturated heterocycles. The van der Waals surface area contributed by atoms with Gasteiger partial charge in [-0.3, -0.25) is 4.79 Å². The van der Waals surface area contributed by atoms with E-state index >= 15 is 0 Å². The summed E-state index contributed by atoms with van der Waals surface area (Å²) in [4.78, 5) is 11.6. The predicted octanol–water partition coefficient (Wildman–Crippen LogP) is 0.00610. The predicted molar refractivity (Wildman–Crippen MR) is 106 cm³/mol. The first-order valence-electron chi connectivity index (χ1n) is 9.13. The molecule has 0 aliphatic carbocycles. The Bertz CT molecular complexity index is 757. The van der Waals surface area contributed by atoms with Crippen LogP contribution < -0.4 is 38.8 Å². The number of nitrogens with zero attached hydrogens (tertiary/aromatic N) is 1. The van der Waals surface area contributed by atoms with Gasteiger partial charge in [-0.1, -0.05) is 19.1 Å². The lowest BCUT2D eigenvalue weighted by atomic mass is 10.0. The monoisotopic (exact) mass is 486 g/mol. The van der Waals surface area contributed by atoms with Gasteiger partial charge >= 0.3 is 0 Å². The number of benzene rings is 2. The molecule has 2 rings (SSSR count). The number of carbonyl (C=O) groups is 1. The lowest BCUT2D eigenvalue weighted by molar-refractivity contribution is -0.870. The van der Waals surface area contributed by atoms with Crippen molar-refractivity contribution in [3.8, 4) is 11.5 Å². The summed E-state index contributed by atoms with van der Waals surface area (Å²) in [6.07, 6.45) is 1.21. The molecule has 2 aromatic rings. The molecular weight excluding hydrogens is 455 g/mol. The molecule has 0 spiro atoms. The second-order valence-corrected chi connectivity index (χ2v) is 7.45. The molecule has 0 saturated carbocycles. The Morgan fingerprint density at radius 3 is 2.48 bits per heavy atom. The number of hydrogen-bond donors (Lipinski definition) is 1. The highest BCUT2D eigenvalue weighted by molar-refractivity contribution is 5.89. The molecule has 0 fully saturated rings. The Kier molecular flexibility index (Phi) is 9.32. The Hall–Kier alpha value is -1.54. The molecular formula is C21H31IN2O3. The number of halogens is 1. The van der Waals surface area contributed by atoms with Gasteiger partial charge in [0, 0.05) is 18.5 Å². The summed E-state index contributed by atoms with van der Waals surface area (Å²) in [6.45, 7) is 4.02. The van der Waals surface area contributed by atoms with E-state index in [1.807, 2.05) is 25.1 Å². The van der Waals surface area contributed by atoms with Crippen LogP contribution in [0.25, 0.3) is 10.8 Å². The number of amides is 1. The fourth-order valence-corrected chi connectivity index (χ4v) is 2.74. The maximum absolute atomic E-state index is 11.6. The molecule has 0 unspecified atom stereocenters. The first-order chi connectivity index (χ1) is 12.3. The van der Waals surface area contributed by atoms with Crippen molar-refractivity contribution in [2.24, 2.45) is 0 Å². The summed E-state index contributed by atoms with van der Waals surface area (Å²) in [5.41, 5.74) is 1.11. The average Bonchev–Trinajstić information content (AvgIpc) is 2.61. The Labute approximate surface area is 179 Å². The lowest BCUT2D eigenvalue weighted by Crippen LogP contribution is -3.00. The van der Waals surface area contributed by atoms with Crippen LogP contribution in [0.1, 0.15) is 18.9 Å².